The van der Waals surface area contributed by atoms with Crippen LogP contribution in [0.5, 0.6) is 0 Å². The highest BCUT2D eigenvalue weighted by molar-refractivity contribution is 9.11. The number of hydrogen-bond acceptors (Lipinski definition) is 5. The van der Waals surface area contributed by atoms with E-state index in [9.17, 15) is 45.9 Å². The summed E-state index contributed by atoms with van der Waals surface area (Å²) >= 11 is 15.7. The molecule has 0 aromatic heterocycles. The third-order valence-electron chi connectivity index (χ3n) is 6.26. The molecule has 0 spiro atoms. The maximum absolute atomic E-state index is 12.7. The largest absolute Gasteiger partial charge is 0.481 e. The van der Waals surface area contributed by atoms with Crippen molar-refractivity contribution >= 4 is 84.9 Å². The summed E-state index contributed by atoms with van der Waals surface area (Å²) in [4.78, 5) is 51.0. The number of carboxylic acids is 5. The fraction of sp³-hybridized carbons (Fsp3) is 0.324. The molecule has 19 heteroatoms. The average Bonchev–Trinajstić information content (AvgIpc) is 3.03. The van der Waals surface area contributed by atoms with Crippen LogP contribution in [0.4, 0.5) is 22.0 Å². The Morgan fingerprint density at radius 2 is 1.28 bits per heavy atom. The average molecular weight is 929 g/mol. The Bertz CT molecular complexity index is 1680. The zero-order chi connectivity index (χ0) is 41.9. The van der Waals surface area contributed by atoms with E-state index in [-0.39, 0.29) is 16.7 Å². The smallest absolute Gasteiger partial charge is 0.418 e. The molecule has 3 aromatic carbocycles. The van der Waals surface area contributed by atoms with Crippen molar-refractivity contribution in [3.05, 3.63) is 104 Å². The van der Waals surface area contributed by atoms with Crippen LogP contribution in [-0.4, -0.2) is 72.1 Å². The van der Waals surface area contributed by atoms with Gasteiger partial charge in [0, 0.05) is 8.95 Å². The van der Waals surface area contributed by atoms with Crippen LogP contribution in [0, 0.1) is 18.2 Å². The van der Waals surface area contributed by atoms with Crippen molar-refractivity contribution in [2.24, 2.45) is 5.41 Å². The van der Waals surface area contributed by atoms with Crippen molar-refractivity contribution in [3.63, 3.8) is 0 Å². The summed E-state index contributed by atoms with van der Waals surface area (Å²) in [6, 6.07) is 18.2. The monoisotopic (exact) mass is 926 g/mol. The van der Waals surface area contributed by atoms with E-state index >= 15 is 0 Å². The normalized spacial score (nSPS) is 11.3. The van der Waals surface area contributed by atoms with Gasteiger partial charge >= 0.3 is 41.2 Å². The van der Waals surface area contributed by atoms with Gasteiger partial charge < -0.3 is 25.5 Å². The van der Waals surface area contributed by atoms with Gasteiger partial charge in [0.05, 0.1) is 16.5 Å². The molecule has 3 rings (SSSR count). The molecule has 294 valence electrons. The van der Waals surface area contributed by atoms with Crippen molar-refractivity contribution < 1.29 is 71.5 Å². The fourth-order valence-electron chi connectivity index (χ4n) is 3.26. The SMILES string of the molecule is CCCC(C)(C)C(=O)O.Cc1c(F)cccc1C(=O)O.O=C(O)C(F)(F)C(F)(F)Cl.O=C(O)[C@@H](Cl)Cc1ccccc1.O=C(O)c1ccc(Br)cc1Br. The van der Waals surface area contributed by atoms with Crippen molar-refractivity contribution in [2.45, 2.75) is 63.6 Å². The van der Waals surface area contributed by atoms with Crippen LogP contribution in [-0.2, 0) is 20.8 Å². The predicted octanol–water partition coefficient (Wildman–Crippen LogP) is 10.1. The summed E-state index contributed by atoms with van der Waals surface area (Å²) < 4.78 is 60.0. The Hall–Kier alpha value is -3.80. The number of benzene rings is 3. The second kappa shape index (κ2) is 23.8. The number of hydrogen-bond donors (Lipinski definition) is 5. The lowest BCUT2D eigenvalue weighted by Crippen LogP contribution is -2.43. The van der Waals surface area contributed by atoms with Crippen LogP contribution in [0.25, 0.3) is 0 Å². The molecule has 3 aromatic rings. The van der Waals surface area contributed by atoms with Gasteiger partial charge in [-0.1, -0.05) is 65.7 Å². The van der Waals surface area contributed by atoms with Crippen LogP contribution in [0.3, 0.4) is 0 Å². The lowest BCUT2D eigenvalue weighted by Gasteiger charge is -2.16. The molecule has 0 aliphatic rings. The van der Waals surface area contributed by atoms with Crippen LogP contribution in [0.2, 0.25) is 0 Å². The number of carbonyl (C=O) groups is 5. The quantitative estimate of drug-likeness (QED) is 0.0968. The molecule has 53 heavy (non-hydrogen) atoms. The third-order valence-corrected chi connectivity index (χ3v) is 7.99. The standard InChI is InChI=1S/C9H9ClO2.C8H7FO2.C7H4Br2O2.C7H14O2.C3HClF4O2/c10-8(9(11)12)6-7-4-2-1-3-5-7;1-5-6(8(10)11)3-2-4-7(5)9;8-4-1-2-5(7(10)11)6(9)3-4;1-4-5-7(2,3)6(8)9;4-3(7,8)2(5,6)1(9)10/h1-5,8H,6H2,(H,11,12);2-4H,1H3,(H,10,11);1-3H,(H,10,11);4-5H2,1-3H3,(H,8,9);(H,9,10)/t8-;;;;/m0..../s1. The number of carboxylic acid groups (broad SMARTS) is 5. The molecule has 0 fully saturated rings. The van der Waals surface area contributed by atoms with Crippen LogP contribution in [0.15, 0.2) is 75.7 Å². The molecule has 0 saturated carbocycles. The Labute approximate surface area is 327 Å². The second-order valence-electron chi connectivity index (χ2n) is 11.0. The van der Waals surface area contributed by atoms with Gasteiger partial charge in [-0.15, -0.1) is 11.6 Å². The Kier molecular flexibility index (Phi) is 23.0. The van der Waals surface area contributed by atoms with Crippen LogP contribution in [0.1, 0.15) is 65.5 Å². The molecule has 0 aliphatic carbocycles. The maximum Gasteiger partial charge on any atom is 0.418 e. The van der Waals surface area contributed by atoms with Gasteiger partial charge in [0.15, 0.2) is 0 Å². The van der Waals surface area contributed by atoms with E-state index in [4.69, 9.17) is 37.1 Å². The maximum atomic E-state index is 12.7. The van der Waals surface area contributed by atoms with Gasteiger partial charge in [0.2, 0.25) is 0 Å². The van der Waals surface area contributed by atoms with Gasteiger partial charge in [-0.3, -0.25) is 9.59 Å². The topological polar surface area (TPSA) is 186 Å². The van der Waals surface area contributed by atoms with Crippen LogP contribution < -0.4 is 0 Å². The highest BCUT2D eigenvalue weighted by Gasteiger charge is 2.61. The summed E-state index contributed by atoms with van der Waals surface area (Å²) in [5.41, 5.74) is 0.882. The zero-order valence-corrected chi connectivity index (χ0v) is 32.9. The van der Waals surface area contributed by atoms with E-state index in [0.717, 1.165) is 22.9 Å². The van der Waals surface area contributed by atoms with Gasteiger partial charge in [-0.05, 0) is 103 Å². The number of rotatable bonds is 10. The molecule has 10 nitrogen and oxygen atoms in total. The first-order chi connectivity index (χ1) is 24.1. The highest BCUT2D eigenvalue weighted by Crippen LogP contribution is 2.37. The molecule has 0 amide bonds. The molecule has 1 atom stereocenters. The fourth-order valence-corrected chi connectivity index (χ4v) is 4.74. The third kappa shape index (κ3) is 19.7. The predicted molar refractivity (Wildman–Crippen MR) is 194 cm³/mol. The summed E-state index contributed by atoms with van der Waals surface area (Å²) in [6.07, 6.45) is 2.05. The minimum atomic E-state index is -5.21. The molecule has 0 heterocycles. The lowest BCUT2D eigenvalue weighted by atomic mass is 9.88. The Morgan fingerprint density at radius 3 is 1.60 bits per heavy atom. The summed E-state index contributed by atoms with van der Waals surface area (Å²) in [6.45, 7) is 6.93. The van der Waals surface area contributed by atoms with E-state index in [0.29, 0.717) is 10.9 Å². The van der Waals surface area contributed by atoms with Gasteiger partial charge in [-0.2, -0.15) is 17.6 Å². The van der Waals surface area contributed by atoms with E-state index in [1.165, 1.54) is 31.2 Å². The number of aliphatic carboxylic acids is 3. The minimum Gasteiger partial charge on any atom is -0.481 e. The molecular formula is C34H35Br2Cl2F5O10. The molecule has 0 bridgehead atoms. The first-order valence-electron chi connectivity index (χ1n) is 14.6. The van der Waals surface area contributed by atoms with Gasteiger partial charge in [0.1, 0.15) is 11.2 Å². The molecule has 0 saturated heterocycles. The minimum absolute atomic E-state index is 0.0185. The lowest BCUT2D eigenvalue weighted by molar-refractivity contribution is -0.197. The molecule has 5 N–H and O–H groups in total. The van der Waals surface area contributed by atoms with Crippen molar-refractivity contribution in [2.75, 3.05) is 0 Å². The number of halogens is 9. The first kappa shape index (κ1) is 51.3. The number of aromatic carboxylic acids is 2. The summed E-state index contributed by atoms with van der Waals surface area (Å²) in [5, 5.41) is 35.8. The van der Waals surface area contributed by atoms with Gasteiger partial charge in [0.25, 0.3) is 0 Å². The second-order valence-corrected chi connectivity index (χ2v) is 13.7. The molecular weight excluding hydrogens is 894 g/mol. The van der Waals surface area contributed by atoms with E-state index < -0.39 is 57.8 Å². The molecule has 0 unspecified atom stereocenters. The van der Waals surface area contributed by atoms with E-state index in [2.05, 4.69) is 43.5 Å². The van der Waals surface area contributed by atoms with E-state index in [1.807, 2.05) is 37.3 Å². The Balaban J connectivity index is 0. The van der Waals surface area contributed by atoms with Crippen molar-refractivity contribution in [1.82, 2.24) is 0 Å². The Morgan fingerprint density at radius 1 is 0.774 bits per heavy atom. The van der Waals surface area contributed by atoms with Crippen molar-refractivity contribution in [3.8, 4) is 0 Å². The first-order valence-corrected chi connectivity index (χ1v) is 17.0. The zero-order valence-electron chi connectivity index (χ0n) is 28.2. The van der Waals surface area contributed by atoms with E-state index in [1.54, 1.807) is 26.0 Å². The highest BCUT2D eigenvalue weighted by atomic mass is 79.9. The van der Waals surface area contributed by atoms with Crippen LogP contribution >= 0.6 is 55.1 Å². The van der Waals surface area contributed by atoms with Crippen molar-refractivity contribution in [1.29, 1.82) is 0 Å². The summed E-state index contributed by atoms with van der Waals surface area (Å²) in [7, 11) is 0. The van der Waals surface area contributed by atoms with Gasteiger partial charge in [-0.25, -0.2) is 18.8 Å². The summed E-state index contributed by atoms with van der Waals surface area (Å²) in [5.74, 6) is -12.3. The number of alkyl halides is 6. The molecule has 0 aliphatic heterocycles. The molecule has 0 radical (unpaired) electrons.